The first-order valence-electron chi connectivity index (χ1n) is 6.29. The Balaban J connectivity index is 2.12. The molecular weight excluding hydrogens is 360 g/mol. The molecule has 0 aliphatic rings. The average molecular weight is 369 g/mol. The molecule has 112 valence electrons. The normalized spacial score (nSPS) is 10.3. The lowest BCUT2D eigenvalue weighted by molar-refractivity contribution is -0.112. The summed E-state index contributed by atoms with van der Waals surface area (Å²) in [5.41, 5.74) is 0.465. The zero-order valence-corrected chi connectivity index (χ0v) is 13.2. The molecule has 0 fully saturated rings. The minimum Gasteiger partial charge on any atom is -0.329 e. The Hall–Kier alpha value is -3.23. The number of nitrogens with one attached hydrogen (secondary N) is 2. The maximum Gasteiger partial charge on any atom is 0.267 e. The van der Waals surface area contributed by atoms with Gasteiger partial charge in [-0.05, 0) is 28.1 Å². The van der Waals surface area contributed by atoms with E-state index in [1.54, 1.807) is 30.3 Å². The molecule has 2 N–H and O–H groups in total. The van der Waals surface area contributed by atoms with Gasteiger partial charge < -0.3 is 10.6 Å². The highest BCUT2D eigenvalue weighted by molar-refractivity contribution is 9.10. The average Bonchev–Trinajstić information content (AvgIpc) is 2.57. The van der Waals surface area contributed by atoms with Crippen LogP contribution in [0.5, 0.6) is 0 Å². The second-order valence-electron chi connectivity index (χ2n) is 4.15. The number of rotatable bonds is 4. The lowest BCUT2D eigenvalue weighted by Crippen LogP contribution is -2.15. The Labute approximate surface area is 140 Å². The largest absolute Gasteiger partial charge is 0.329 e. The van der Waals surface area contributed by atoms with E-state index in [4.69, 9.17) is 10.5 Å². The van der Waals surface area contributed by atoms with Crippen LogP contribution in [-0.2, 0) is 4.79 Å². The highest BCUT2D eigenvalue weighted by Crippen LogP contribution is 2.14. The predicted octanol–water partition coefficient (Wildman–Crippen LogP) is 2.57. The first-order chi connectivity index (χ1) is 11.1. The van der Waals surface area contributed by atoms with Crippen LogP contribution in [0.4, 0.5) is 11.6 Å². The Bertz CT molecular complexity index is 832. The fourth-order valence-corrected chi connectivity index (χ4v) is 1.76. The van der Waals surface area contributed by atoms with Crippen LogP contribution in [0.25, 0.3) is 0 Å². The number of amides is 1. The van der Waals surface area contributed by atoms with Gasteiger partial charge >= 0.3 is 0 Å². The summed E-state index contributed by atoms with van der Waals surface area (Å²) in [5, 5.41) is 23.3. The van der Waals surface area contributed by atoms with Crippen LogP contribution in [0.3, 0.4) is 0 Å². The van der Waals surface area contributed by atoms with Gasteiger partial charge in [0.15, 0.2) is 0 Å². The number of benzene rings is 1. The van der Waals surface area contributed by atoms with Gasteiger partial charge in [-0.15, -0.1) is 0 Å². The Kier molecular flexibility index (Phi) is 5.40. The van der Waals surface area contributed by atoms with Crippen LogP contribution in [-0.4, -0.2) is 15.9 Å². The number of halogens is 1. The van der Waals surface area contributed by atoms with Crippen molar-refractivity contribution < 1.29 is 4.79 Å². The molecule has 2 aromatic rings. The van der Waals surface area contributed by atoms with Crippen molar-refractivity contribution in [2.45, 2.75) is 0 Å². The molecule has 8 heteroatoms. The number of aromatic nitrogens is 2. The summed E-state index contributed by atoms with van der Waals surface area (Å²) in [4.78, 5) is 20.0. The van der Waals surface area contributed by atoms with E-state index in [0.717, 1.165) is 0 Å². The Morgan fingerprint density at radius 3 is 2.57 bits per heavy atom. The van der Waals surface area contributed by atoms with Gasteiger partial charge in [0.25, 0.3) is 5.91 Å². The summed E-state index contributed by atoms with van der Waals surface area (Å²) in [6, 6.07) is 10.3. The number of hydrogen-bond acceptors (Lipinski definition) is 6. The maximum absolute atomic E-state index is 12.1. The van der Waals surface area contributed by atoms with Gasteiger partial charge in [0.2, 0.25) is 5.95 Å². The second kappa shape index (κ2) is 7.69. The number of para-hydroxylation sites is 1. The standard InChI is InChI=1S/C15H9BrN6O/c16-12-8-20-15(21-9-12)19-7-11(6-18)14(23)22-13-4-2-1-3-10(13)5-17/h1-4,7-9H,(H,22,23)(H,19,20,21)/b11-7-. The SMILES string of the molecule is N#C/C(=C/Nc1ncc(Br)cn1)C(=O)Nc1ccccc1C#N. The van der Waals surface area contributed by atoms with Crippen molar-refractivity contribution in [1.29, 1.82) is 10.5 Å². The number of nitrogens with zero attached hydrogens (tertiary/aromatic N) is 4. The smallest absolute Gasteiger partial charge is 0.267 e. The number of carbonyl (C=O) groups excluding carboxylic acids is 1. The molecule has 0 radical (unpaired) electrons. The van der Waals surface area contributed by atoms with Gasteiger partial charge in [-0.2, -0.15) is 10.5 Å². The van der Waals surface area contributed by atoms with Gasteiger partial charge in [0.1, 0.15) is 17.7 Å². The minimum absolute atomic E-state index is 0.177. The lowest BCUT2D eigenvalue weighted by Gasteiger charge is -2.06. The third-order valence-corrected chi connectivity index (χ3v) is 3.04. The van der Waals surface area contributed by atoms with E-state index in [0.29, 0.717) is 15.7 Å². The van der Waals surface area contributed by atoms with Crippen LogP contribution in [0.15, 0.2) is 52.9 Å². The fourth-order valence-electron chi connectivity index (χ4n) is 1.55. The summed E-state index contributed by atoms with van der Waals surface area (Å²) in [6.45, 7) is 0. The van der Waals surface area contributed by atoms with Crippen LogP contribution in [0, 0.1) is 22.7 Å². The van der Waals surface area contributed by atoms with Crippen molar-refractivity contribution in [3.8, 4) is 12.1 Å². The van der Waals surface area contributed by atoms with Gasteiger partial charge in [-0.25, -0.2) is 9.97 Å². The topological polar surface area (TPSA) is 114 Å². The van der Waals surface area contributed by atoms with Gasteiger partial charge in [-0.1, -0.05) is 12.1 Å². The molecule has 1 amide bonds. The predicted molar refractivity (Wildman–Crippen MR) is 86.8 cm³/mol. The van der Waals surface area contributed by atoms with Crippen LogP contribution in [0.2, 0.25) is 0 Å². The molecule has 0 atom stereocenters. The molecule has 0 bridgehead atoms. The van der Waals surface area contributed by atoms with Crippen molar-refractivity contribution >= 4 is 33.5 Å². The molecule has 1 aromatic heterocycles. The van der Waals surface area contributed by atoms with Crippen molar-refractivity contribution in [2.75, 3.05) is 10.6 Å². The molecule has 1 aromatic carbocycles. The summed E-state index contributed by atoms with van der Waals surface area (Å²) in [7, 11) is 0. The van der Waals surface area contributed by atoms with Crippen molar-refractivity contribution in [3.63, 3.8) is 0 Å². The van der Waals surface area contributed by atoms with E-state index < -0.39 is 5.91 Å². The third kappa shape index (κ3) is 4.37. The Morgan fingerprint density at radius 1 is 1.22 bits per heavy atom. The molecular formula is C15H9BrN6O. The maximum atomic E-state index is 12.1. The minimum atomic E-state index is -0.639. The highest BCUT2D eigenvalue weighted by atomic mass is 79.9. The first-order valence-corrected chi connectivity index (χ1v) is 7.08. The van der Waals surface area contributed by atoms with Gasteiger partial charge in [0, 0.05) is 18.6 Å². The fraction of sp³-hybridized carbons (Fsp3) is 0. The van der Waals surface area contributed by atoms with Crippen molar-refractivity contribution in [2.24, 2.45) is 0 Å². The van der Waals surface area contributed by atoms with E-state index in [2.05, 4.69) is 36.5 Å². The third-order valence-electron chi connectivity index (χ3n) is 2.63. The van der Waals surface area contributed by atoms with E-state index in [9.17, 15) is 4.79 Å². The van der Waals surface area contributed by atoms with Gasteiger partial charge in [0.05, 0.1) is 15.7 Å². The molecule has 0 saturated carbocycles. The summed E-state index contributed by atoms with van der Waals surface area (Å²) < 4.78 is 0.707. The van der Waals surface area contributed by atoms with Crippen LogP contribution < -0.4 is 10.6 Å². The molecule has 1 heterocycles. The molecule has 0 aliphatic heterocycles. The van der Waals surface area contributed by atoms with Gasteiger partial charge in [-0.3, -0.25) is 4.79 Å². The highest BCUT2D eigenvalue weighted by Gasteiger charge is 2.11. The quantitative estimate of drug-likeness (QED) is 0.632. The molecule has 0 aliphatic carbocycles. The van der Waals surface area contributed by atoms with Crippen LogP contribution >= 0.6 is 15.9 Å². The molecule has 2 rings (SSSR count). The molecule has 23 heavy (non-hydrogen) atoms. The van der Waals surface area contributed by atoms with E-state index >= 15 is 0 Å². The molecule has 0 saturated heterocycles. The summed E-state index contributed by atoms with van der Waals surface area (Å²) in [6.07, 6.45) is 4.25. The zero-order chi connectivity index (χ0) is 16.7. The van der Waals surface area contributed by atoms with E-state index in [1.807, 2.05) is 6.07 Å². The van der Waals surface area contributed by atoms with Crippen LogP contribution in [0.1, 0.15) is 5.56 Å². The number of nitriles is 2. The molecule has 0 spiro atoms. The summed E-state index contributed by atoms with van der Waals surface area (Å²) in [5.74, 6) is -0.397. The number of hydrogen-bond donors (Lipinski definition) is 2. The monoisotopic (exact) mass is 368 g/mol. The second-order valence-corrected chi connectivity index (χ2v) is 5.07. The number of carbonyl (C=O) groups is 1. The van der Waals surface area contributed by atoms with E-state index in [1.165, 1.54) is 18.6 Å². The van der Waals surface area contributed by atoms with Crippen molar-refractivity contribution in [3.05, 3.63) is 58.5 Å². The number of anilines is 2. The zero-order valence-electron chi connectivity index (χ0n) is 11.6. The molecule has 7 nitrogen and oxygen atoms in total. The Morgan fingerprint density at radius 2 is 1.91 bits per heavy atom. The van der Waals surface area contributed by atoms with Crippen molar-refractivity contribution in [1.82, 2.24) is 9.97 Å². The molecule has 0 unspecified atom stereocenters. The lowest BCUT2D eigenvalue weighted by atomic mass is 10.2. The summed E-state index contributed by atoms with van der Waals surface area (Å²) >= 11 is 3.20. The van der Waals surface area contributed by atoms with E-state index in [-0.39, 0.29) is 11.5 Å². The first kappa shape index (κ1) is 16.1.